The second-order valence-electron chi connectivity index (χ2n) is 11.6. The third kappa shape index (κ3) is 3.01. The van der Waals surface area contributed by atoms with E-state index in [2.05, 4.69) is 43.0 Å². The van der Waals surface area contributed by atoms with E-state index >= 15 is 0 Å². The third-order valence-electron chi connectivity index (χ3n) is 10.0. The summed E-state index contributed by atoms with van der Waals surface area (Å²) >= 11 is 0. The van der Waals surface area contributed by atoms with Gasteiger partial charge in [0.25, 0.3) is 5.91 Å². The number of carbonyl (C=O) groups is 2. The maximum absolute atomic E-state index is 13.7. The minimum Gasteiger partial charge on any atom is -0.481 e. The van der Waals surface area contributed by atoms with Gasteiger partial charge in [0.15, 0.2) is 0 Å². The number of nitrogens with zero attached hydrogens (tertiary/aromatic N) is 1. The lowest BCUT2D eigenvalue weighted by atomic mass is 9.40. The summed E-state index contributed by atoms with van der Waals surface area (Å²) in [6.07, 6.45) is 7.70. The van der Waals surface area contributed by atoms with Crippen molar-refractivity contribution in [1.82, 2.24) is 4.90 Å². The Hall–Kier alpha value is -2.10. The first-order chi connectivity index (χ1) is 15.2. The molecule has 0 aromatic heterocycles. The molecule has 1 N–H and O–H groups in total. The Morgan fingerprint density at radius 2 is 1.81 bits per heavy atom. The summed E-state index contributed by atoms with van der Waals surface area (Å²) < 4.78 is 0. The van der Waals surface area contributed by atoms with Gasteiger partial charge < -0.3 is 10.0 Å². The van der Waals surface area contributed by atoms with E-state index in [1.165, 1.54) is 11.1 Å². The fourth-order valence-electron chi connectivity index (χ4n) is 8.48. The number of hydrogen-bond donors (Lipinski definition) is 1. The molecule has 0 unspecified atom stereocenters. The summed E-state index contributed by atoms with van der Waals surface area (Å²) in [4.78, 5) is 28.1. The Balaban J connectivity index is 1.41. The number of hydrogen-bond acceptors (Lipinski definition) is 2. The largest absolute Gasteiger partial charge is 0.481 e. The van der Waals surface area contributed by atoms with E-state index in [0.717, 1.165) is 70.0 Å². The molecule has 0 saturated heterocycles. The number of carbonyl (C=O) groups excluding carboxylic acids is 1. The van der Waals surface area contributed by atoms with Gasteiger partial charge in [0, 0.05) is 24.1 Å². The van der Waals surface area contributed by atoms with Crippen LogP contribution in [-0.4, -0.2) is 35.0 Å². The minimum atomic E-state index is -0.635. The standard InChI is InChI=1S/C28H37NO3/c1-26-14-7-15-28(3,25(31)32)22(26)12-16-27(2)21(26)11-10-20-18-29(24(30)23(20)27)17-13-19-8-5-4-6-9-19/h4-6,8-9,21-22H,7,10-18H2,1-3H3,(H,31,32)/t21-,22-,26-,27-,28+/m1/s1. The van der Waals surface area contributed by atoms with E-state index < -0.39 is 11.4 Å². The van der Waals surface area contributed by atoms with Gasteiger partial charge in [-0.3, -0.25) is 9.59 Å². The average Bonchev–Trinajstić information content (AvgIpc) is 3.09. The highest BCUT2D eigenvalue weighted by Crippen LogP contribution is 2.69. The van der Waals surface area contributed by atoms with Gasteiger partial charge in [0.05, 0.1) is 5.41 Å². The summed E-state index contributed by atoms with van der Waals surface area (Å²) in [6.45, 7) is 8.24. The van der Waals surface area contributed by atoms with Gasteiger partial charge in [0.1, 0.15) is 0 Å². The fraction of sp³-hybridized carbons (Fsp3) is 0.643. The van der Waals surface area contributed by atoms with Crippen molar-refractivity contribution < 1.29 is 14.7 Å². The van der Waals surface area contributed by atoms with Crippen molar-refractivity contribution in [2.24, 2.45) is 28.1 Å². The summed E-state index contributed by atoms with van der Waals surface area (Å²) in [5, 5.41) is 10.1. The van der Waals surface area contributed by atoms with Crippen LogP contribution < -0.4 is 0 Å². The predicted octanol–water partition coefficient (Wildman–Crippen LogP) is 5.48. The van der Waals surface area contributed by atoms with Crippen molar-refractivity contribution >= 4 is 11.9 Å². The van der Waals surface area contributed by atoms with E-state index in [1.54, 1.807) is 0 Å². The molecule has 1 amide bonds. The Labute approximate surface area is 192 Å². The van der Waals surface area contributed by atoms with Crippen molar-refractivity contribution in [3.63, 3.8) is 0 Å². The highest BCUT2D eigenvalue weighted by molar-refractivity contribution is 5.98. The summed E-state index contributed by atoms with van der Waals surface area (Å²) in [7, 11) is 0. The van der Waals surface area contributed by atoms with Gasteiger partial charge in [0.2, 0.25) is 0 Å². The molecule has 5 atom stereocenters. The first-order valence-corrected chi connectivity index (χ1v) is 12.5. The van der Waals surface area contributed by atoms with Crippen LogP contribution in [0.5, 0.6) is 0 Å². The molecule has 0 bridgehead atoms. The van der Waals surface area contributed by atoms with Crippen LogP contribution in [0.25, 0.3) is 0 Å². The summed E-state index contributed by atoms with van der Waals surface area (Å²) in [6, 6.07) is 10.4. The molecular formula is C28H37NO3. The lowest BCUT2D eigenvalue weighted by Crippen LogP contribution is -2.59. The molecule has 4 aliphatic rings. The predicted molar refractivity (Wildman–Crippen MR) is 125 cm³/mol. The maximum Gasteiger partial charge on any atom is 0.309 e. The third-order valence-corrected chi connectivity index (χ3v) is 10.0. The molecule has 5 rings (SSSR count). The number of amides is 1. The number of fused-ring (bicyclic) bond motifs is 4. The molecule has 1 aromatic carbocycles. The van der Waals surface area contributed by atoms with Gasteiger partial charge in [-0.2, -0.15) is 0 Å². The molecule has 4 heteroatoms. The number of benzene rings is 1. The van der Waals surface area contributed by atoms with Crippen LogP contribution >= 0.6 is 0 Å². The Morgan fingerprint density at radius 1 is 1.06 bits per heavy atom. The van der Waals surface area contributed by atoms with E-state index in [0.29, 0.717) is 5.92 Å². The zero-order valence-corrected chi connectivity index (χ0v) is 19.8. The van der Waals surface area contributed by atoms with Gasteiger partial charge in [-0.1, -0.05) is 50.6 Å². The fourth-order valence-corrected chi connectivity index (χ4v) is 8.48. The highest BCUT2D eigenvalue weighted by Gasteiger charge is 2.64. The quantitative estimate of drug-likeness (QED) is 0.682. The Bertz CT molecular complexity index is 968. The molecule has 1 aliphatic heterocycles. The van der Waals surface area contributed by atoms with E-state index in [-0.39, 0.29) is 22.7 Å². The topological polar surface area (TPSA) is 57.6 Å². The molecule has 2 saturated carbocycles. The number of carboxylic acids is 1. The zero-order chi connectivity index (χ0) is 22.7. The Kier molecular flexibility index (Phi) is 5.07. The average molecular weight is 436 g/mol. The smallest absolute Gasteiger partial charge is 0.309 e. The number of carboxylic acid groups (broad SMARTS) is 1. The van der Waals surface area contributed by atoms with Gasteiger partial charge in [-0.05, 0) is 80.3 Å². The zero-order valence-electron chi connectivity index (χ0n) is 19.8. The van der Waals surface area contributed by atoms with Crippen LogP contribution in [0.4, 0.5) is 0 Å². The highest BCUT2D eigenvalue weighted by atomic mass is 16.4. The summed E-state index contributed by atoms with van der Waals surface area (Å²) in [5.41, 5.74) is 2.98. The lowest BCUT2D eigenvalue weighted by Gasteiger charge is -2.63. The first-order valence-electron chi connectivity index (χ1n) is 12.5. The molecule has 1 aromatic rings. The van der Waals surface area contributed by atoms with Crippen LogP contribution in [-0.2, 0) is 16.0 Å². The summed E-state index contributed by atoms with van der Waals surface area (Å²) in [5.74, 6) is 0.218. The van der Waals surface area contributed by atoms with Crippen LogP contribution in [0.1, 0.15) is 71.3 Å². The van der Waals surface area contributed by atoms with E-state index in [4.69, 9.17) is 0 Å². The van der Waals surface area contributed by atoms with Gasteiger partial charge in [-0.25, -0.2) is 0 Å². The molecule has 2 fully saturated rings. The molecule has 172 valence electrons. The van der Waals surface area contributed by atoms with E-state index in [1.807, 2.05) is 13.0 Å². The van der Waals surface area contributed by atoms with Crippen molar-refractivity contribution in [1.29, 1.82) is 0 Å². The van der Waals surface area contributed by atoms with Gasteiger partial charge >= 0.3 is 5.97 Å². The molecule has 32 heavy (non-hydrogen) atoms. The molecule has 4 nitrogen and oxygen atoms in total. The number of rotatable bonds is 4. The minimum absolute atomic E-state index is 0.00530. The molecule has 0 radical (unpaired) electrons. The van der Waals surface area contributed by atoms with Crippen molar-refractivity contribution in [3.8, 4) is 0 Å². The Morgan fingerprint density at radius 3 is 2.53 bits per heavy atom. The SMILES string of the molecule is C[C@]12CCC[C@](C)(C(=O)O)[C@@H]1CC[C@@]1(C)C3=C(CC[C@H]21)CN(CCc1ccccc1)C3=O. The first kappa shape index (κ1) is 21.7. The lowest BCUT2D eigenvalue weighted by molar-refractivity contribution is -0.175. The van der Waals surface area contributed by atoms with Crippen LogP contribution in [0.15, 0.2) is 41.5 Å². The molecule has 3 aliphatic carbocycles. The normalized spacial score (nSPS) is 38.8. The molecule has 1 heterocycles. The molecular weight excluding hydrogens is 398 g/mol. The van der Waals surface area contributed by atoms with Crippen molar-refractivity contribution in [2.45, 2.75) is 72.1 Å². The van der Waals surface area contributed by atoms with Crippen LogP contribution in [0.2, 0.25) is 0 Å². The van der Waals surface area contributed by atoms with Crippen LogP contribution in [0, 0.1) is 28.1 Å². The van der Waals surface area contributed by atoms with Crippen molar-refractivity contribution in [3.05, 3.63) is 47.0 Å². The van der Waals surface area contributed by atoms with E-state index in [9.17, 15) is 14.7 Å². The molecule has 0 spiro atoms. The maximum atomic E-state index is 13.7. The van der Waals surface area contributed by atoms with Crippen LogP contribution in [0.3, 0.4) is 0 Å². The monoisotopic (exact) mass is 435 g/mol. The second kappa shape index (κ2) is 7.46. The van der Waals surface area contributed by atoms with Gasteiger partial charge in [-0.15, -0.1) is 0 Å². The van der Waals surface area contributed by atoms with Crippen molar-refractivity contribution in [2.75, 3.05) is 13.1 Å². The number of aliphatic carboxylic acids is 1. The second-order valence-corrected chi connectivity index (χ2v) is 11.6.